The maximum absolute atomic E-state index is 4.63. The topological polar surface area (TPSA) is 79.4 Å². The fourth-order valence-electron chi connectivity index (χ4n) is 2.68. The molecule has 0 radical (unpaired) electrons. The van der Waals surface area contributed by atoms with Crippen LogP contribution in [0.3, 0.4) is 0 Å². The van der Waals surface area contributed by atoms with E-state index in [0.717, 1.165) is 38.8 Å². The van der Waals surface area contributed by atoms with Gasteiger partial charge in [0.25, 0.3) is 0 Å². The van der Waals surface area contributed by atoms with Crippen LogP contribution < -0.4 is 5.32 Å². The van der Waals surface area contributed by atoms with Crippen LogP contribution in [-0.2, 0) is 0 Å². The Bertz CT molecular complexity index is 962. The molecule has 0 fully saturated rings. The third kappa shape index (κ3) is 2.63. The number of hydrogen-bond acceptors (Lipinski definition) is 6. The first-order valence-corrected chi connectivity index (χ1v) is 8.53. The Balaban J connectivity index is 1.83. The molecule has 0 amide bonds. The Morgan fingerprint density at radius 3 is 2.75 bits per heavy atom. The van der Waals surface area contributed by atoms with Gasteiger partial charge in [-0.2, -0.15) is 5.10 Å². The van der Waals surface area contributed by atoms with Crippen molar-refractivity contribution in [1.29, 1.82) is 0 Å². The quantitative estimate of drug-likeness (QED) is 0.590. The van der Waals surface area contributed by atoms with Gasteiger partial charge in [0, 0.05) is 10.9 Å². The van der Waals surface area contributed by atoms with Crippen molar-refractivity contribution in [2.24, 2.45) is 0 Å². The van der Waals surface area contributed by atoms with Crippen LogP contribution in [0.15, 0.2) is 42.0 Å². The van der Waals surface area contributed by atoms with Crippen molar-refractivity contribution >= 4 is 27.4 Å². The Labute approximate surface area is 143 Å². The van der Waals surface area contributed by atoms with Crippen LogP contribution in [0.25, 0.3) is 21.3 Å². The summed E-state index contributed by atoms with van der Waals surface area (Å²) in [5, 5.41) is 13.4. The molecule has 4 rings (SSSR count). The van der Waals surface area contributed by atoms with E-state index in [0.29, 0.717) is 0 Å². The SMILES string of the molecule is Cc1nc(NC(C)c2ncn[nH]2)c2c(-c3ccccc3)csc2n1. The number of H-pyrrole nitrogens is 1. The number of benzene rings is 1. The van der Waals surface area contributed by atoms with Crippen LogP contribution in [-0.4, -0.2) is 25.1 Å². The Hall–Kier alpha value is -2.80. The molecule has 1 unspecified atom stereocenters. The second-order valence-corrected chi connectivity index (χ2v) is 6.41. The highest BCUT2D eigenvalue weighted by Crippen LogP contribution is 2.37. The van der Waals surface area contributed by atoms with E-state index >= 15 is 0 Å². The number of anilines is 1. The van der Waals surface area contributed by atoms with E-state index < -0.39 is 0 Å². The molecular weight excluding hydrogens is 320 g/mol. The van der Waals surface area contributed by atoms with Crippen LogP contribution in [0, 0.1) is 6.92 Å². The molecule has 24 heavy (non-hydrogen) atoms. The maximum Gasteiger partial charge on any atom is 0.146 e. The monoisotopic (exact) mass is 336 g/mol. The van der Waals surface area contributed by atoms with E-state index in [9.17, 15) is 0 Å². The second kappa shape index (κ2) is 6.01. The van der Waals surface area contributed by atoms with Crippen molar-refractivity contribution in [1.82, 2.24) is 25.1 Å². The van der Waals surface area contributed by atoms with Crippen molar-refractivity contribution in [3.05, 3.63) is 53.7 Å². The molecule has 0 saturated heterocycles. The molecule has 3 heterocycles. The number of fused-ring (bicyclic) bond motifs is 1. The molecule has 0 aliphatic rings. The van der Waals surface area contributed by atoms with Gasteiger partial charge in [0.2, 0.25) is 0 Å². The number of hydrogen-bond donors (Lipinski definition) is 2. The zero-order valence-electron chi connectivity index (χ0n) is 13.3. The summed E-state index contributed by atoms with van der Waals surface area (Å²) in [6.45, 7) is 3.93. The summed E-state index contributed by atoms with van der Waals surface area (Å²) in [6.07, 6.45) is 1.51. The van der Waals surface area contributed by atoms with Gasteiger partial charge in [0.1, 0.15) is 28.6 Å². The Kier molecular flexibility index (Phi) is 3.70. The maximum atomic E-state index is 4.63. The molecule has 0 bridgehead atoms. The zero-order valence-corrected chi connectivity index (χ0v) is 14.1. The Morgan fingerprint density at radius 2 is 2.00 bits per heavy atom. The predicted molar refractivity (Wildman–Crippen MR) is 96.0 cm³/mol. The minimum Gasteiger partial charge on any atom is -0.360 e. The summed E-state index contributed by atoms with van der Waals surface area (Å²) < 4.78 is 0. The van der Waals surface area contributed by atoms with Gasteiger partial charge in [0.15, 0.2) is 0 Å². The summed E-state index contributed by atoms with van der Waals surface area (Å²) in [5.74, 6) is 2.34. The molecular formula is C17H16N6S. The molecule has 0 saturated carbocycles. The number of nitrogens with one attached hydrogen (secondary N) is 2. The lowest BCUT2D eigenvalue weighted by atomic mass is 10.1. The number of rotatable bonds is 4. The number of aromatic amines is 1. The molecule has 2 N–H and O–H groups in total. The molecule has 0 aliphatic heterocycles. The van der Waals surface area contributed by atoms with E-state index in [-0.39, 0.29) is 6.04 Å². The second-order valence-electron chi connectivity index (χ2n) is 5.55. The summed E-state index contributed by atoms with van der Waals surface area (Å²) in [5.41, 5.74) is 2.30. The van der Waals surface area contributed by atoms with Gasteiger partial charge in [-0.3, -0.25) is 5.10 Å². The van der Waals surface area contributed by atoms with E-state index in [2.05, 4.69) is 48.0 Å². The van der Waals surface area contributed by atoms with E-state index in [4.69, 9.17) is 0 Å². The summed E-state index contributed by atoms with van der Waals surface area (Å²) in [6, 6.07) is 10.3. The van der Waals surface area contributed by atoms with Gasteiger partial charge >= 0.3 is 0 Å². The summed E-state index contributed by atoms with van der Waals surface area (Å²) in [7, 11) is 0. The third-order valence-electron chi connectivity index (χ3n) is 3.83. The van der Waals surface area contributed by atoms with Crippen molar-refractivity contribution in [3.8, 4) is 11.1 Å². The first-order valence-electron chi connectivity index (χ1n) is 7.65. The van der Waals surface area contributed by atoms with Crippen molar-refractivity contribution in [2.75, 3.05) is 5.32 Å². The normalized spacial score (nSPS) is 12.4. The smallest absolute Gasteiger partial charge is 0.146 e. The fraction of sp³-hybridized carbons (Fsp3) is 0.176. The predicted octanol–water partition coefficient (Wildman–Crippen LogP) is 3.96. The molecule has 4 aromatic rings. The zero-order chi connectivity index (χ0) is 16.5. The fourth-order valence-corrected chi connectivity index (χ4v) is 3.67. The third-order valence-corrected chi connectivity index (χ3v) is 4.70. The van der Waals surface area contributed by atoms with E-state index in [1.165, 1.54) is 6.33 Å². The highest BCUT2D eigenvalue weighted by Gasteiger charge is 2.17. The molecule has 7 heteroatoms. The number of nitrogens with zero attached hydrogens (tertiary/aromatic N) is 4. The van der Waals surface area contributed by atoms with Gasteiger partial charge in [0.05, 0.1) is 11.4 Å². The minimum absolute atomic E-state index is 0.0338. The molecule has 0 aliphatic carbocycles. The largest absolute Gasteiger partial charge is 0.360 e. The molecule has 6 nitrogen and oxygen atoms in total. The first-order chi connectivity index (χ1) is 11.7. The van der Waals surface area contributed by atoms with E-state index in [1.807, 2.05) is 32.0 Å². The Morgan fingerprint density at radius 1 is 1.17 bits per heavy atom. The number of aryl methyl sites for hydroxylation is 1. The van der Waals surface area contributed by atoms with E-state index in [1.54, 1.807) is 11.3 Å². The summed E-state index contributed by atoms with van der Waals surface area (Å²) >= 11 is 1.63. The molecule has 3 aromatic heterocycles. The summed E-state index contributed by atoms with van der Waals surface area (Å²) in [4.78, 5) is 14.4. The van der Waals surface area contributed by atoms with Gasteiger partial charge in [-0.15, -0.1) is 11.3 Å². The van der Waals surface area contributed by atoms with Gasteiger partial charge in [-0.1, -0.05) is 30.3 Å². The average molecular weight is 336 g/mol. The first kappa shape index (κ1) is 14.8. The minimum atomic E-state index is -0.0338. The van der Waals surface area contributed by atoms with Crippen LogP contribution in [0.2, 0.25) is 0 Å². The number of thiophene rings is 1. The highest BCUT2D eigenvalue weighted by atomic mass is 32.1. The van der Waals surface area contributed by atoms with Crippen LogP contribution in [0.4, 0.5) is 5.82 Å². The molecule has 1 atom stereocenters. The molecule has 0 spiro atoms. The van der Waals surface area contributed by atoms with Gasteiger partial charge in [-0.25, -0.2) is 15.0 Å². The highest BCUT2D eigenvalue weighted by molar-refractivity contribution is 7.17. The standard InChI is InChI=1S/C17H16N6S/c1-10(15-18-9-19-23-15)20-16-14-13(12-6-4-3-5-7-12)8-24-17(14)22-11(2)21-16/h3-10H,1-2H3,(H,18,19,23)(H,20,21,22). The van der Waals surface area contributed by atoms with Crippen LogP contribution in [0.1, 0.15) is 24.6 Å². The lowest BCUT2D eigenvalue weighted by Gasteiger charge is -2.14. The average Bonchev–Trinajstić information content (AvgIpc) is 3.25. The van der Waals surface area contributed by atoms with Crippen molar-refractivity contribution in [2.45, 2.75) is 19.9 Å². The van der Waals surface area contributed by atoms with Gasteiger partial charge in [-0.05, 0) is 19.4 Å². The molecule has 1 aromatic carbocycles. The van der Waals surface area contributed by atoms with Gasteiger partial charge < -0.3 is 5.32 Å². The van der Waals surface area contributed by atoms with Crippen molar-refractivity contribution in [3.63, 3.8) is 0 Å². The van der Waals surface area contributed by atoms with Crippen LogP contribution >= 0.6 is 11.3 Å². The number of aromatic nitrogens is 5. The molecule has 120 valence electrons. The lowest BCUT2D eigenvalue weighted by Crippen LogP contribution is -2.11. The lowest BCUT2D eigenvalue weighted by molar-refractivity contribution is 0.790. The van der Waals surface area contributed by atoms with Crippen molar-refractivity contribution < 1.29 is 0 Å². The van der Waals surface area contributed by atoms with Crippen LogP contribution in [0.5, 0.6) is 0 Å².